The van der Waals surface area contributed by atoms with Gasteiger partial charge in [-0.25, -0.2) is 8.42 Å². The molecule has 10 heteroatoms. The quantitative estimate of drug-likeness (QED) is 0.240. The van der Waals surface area contributed by atoms with E-state index in [1.165, 1.54) is 17.0 Å². The summed E-state index contributed by atoms with van der Waals surface area (Å²) in [6, 6.07) is 19.3. The second kappa shape index (κ2) is 14.6. The predicted octanol–water partition coefficient (Wildman–Crippen LogP) is 7.18. The van der Waals surface area contributed by atoms with Crippen molar-refractivity contribution in [3.05, 3.63) is 94.0 Å². The highest BCUT2D eigenvalue weighted by atomic mass is 35.5. The smallest absolute Gasteiger partial charge is 0.264 e. The molecule has 0 heterocycles. The lowest BCUT2D eigenvalue weighted by Gasteiger charge is -2.33. The van der Waals surface area contributed by atoms with Gasteiger partial charge in [0.05, 0.1) is 10.6 Å². The maximum Gasteiger partial charge on any atom is 0.264 e. The molecule has 0 aromatic heterocycles. The second-order valence-corrected chi connectivity index (χ2v) is 14.0. The average molecular weight is 645 g/mol. The van der Waals surface area contributed by atoms with Crippen molar-refractivity contribution in [3.63, 3.8) is 0 Å². The third kappa shape index (κ3) is 8.11. The minimum absolute atomic E-state index is 0.0407. The first kappa shape index (κ1) is 32.8. The molecule has 0 saturated heterocycles. The van der Waals surface area contributed by atoms with Gasteiger partial charge in [0.15, 0.2) is 0 Å². The molecular formula is C33H39Cl2N3O4S. The van der Waals surface area contributed by atoms with E-state index in [1.54, 1.807) is 55.5 Å². The SMILES string of the molecule is CC(C)c1ccc(N(CC(=O)N(Cc2c(Cl)cccc2Cl)[C@@H](C)C(=O)NC2CCCCC2)S(=O)(=O)c2ccccc2)cc1. The number of halogens is 2. The van der Waals surface area contributed by atoms with Gasteiger partial charge in [0, 0.05) is 28.2 Å². The molecule has 2 amide bonds. The molecule has 3 aromatic carbocycles. The van der Waals surface area contributed by atoms with Crippen molar-refractivity contribution in [2.45, 2.75) is 82.3 Å². The fourth-order valence-corrected chi connectivity index (χ4v) is 7.23. The molecule has 4 rings (SSSR count). The third-order valence-corrected chi connectivity index (χ3v) is 10.5. The van der Waals surface area contributed by atoms with Gasteiger partial charge < -0.3 is 10.2 Å². The van der Waals surface area contributed by atoms with E-state index in [9.17, 15) is 18.0 Å². The predicted molar refractivity (Wildman–Crippen MR) is 173 cm³/mol. The lowest BCUT2D eigenvalue weighted by molar-refractivity contribution is -0.139. The van der Waals surface area contributed by atoms with Gasteiger partial charge in [0.1, 0.15) is 12.6 Å². The number of amides is 2. The molecule has 0 spiro atoms. The van der Waals surface area contributed by atoms with Crippen LogP contribution in [-0.4, -0.2) is 43.8 Å². The van der Waals surface area contributed by atoms with E-state index in [4.69, 9.17) is 23.2 Å². The van der Waals surface area contributed by atoms with Crippen LogP contribution in [0, 0.1) is 0 Å². The number of hydrogen-bond donors (Lipinski definition) is 1. The molecule has 3 aromatic rings. The fourth-order valence-electron chi connectivity index (χ4n) is 5.28. The van der Waals surface area contributed by atoms with Crippen molar-refractivity contribution in [1.29, 1.82) is 0 Å². The molecule has 1 saturated carbocycles. The molecular weight excluding hydrogens is 605 g/mol. The Bertz CT molecular complexity index is 1490. The summed E-state index contributed by atoms with van der Waals surface area (Å²) in [5.41, 5.74) is 1.86. The number of carbonyl (C=O) groups is 2. The van der Waals surface area contributed by atoms with Gasteiger partial charge in [-0.15, -0.1) is 0 Å². The maximum atomic E-state index is 14.2. The molecule has 0 bridgehead atoms. The van der Waals surface area contributed by atoms with Crippen molar-refractivity contribution in [2.24, 2.45) is 0 Å². The Kier molecular flexibility index (Phi) is 11.2. The summed E-state index contributed by atoms with van der Waals surface area (Å²) in [5.74, 6) is -0.619. The van der Waals surface area contributed by atoms with Gasteiger partial charge in [0.2, 0.25) is 11.8 Å². The number of benzene rings is 3. The third-order valence-electron chi connectivity index (χ3n) is 7.97. The van der Waals surface area contributed by atoms with Crippen LogP contribution >= 0.6 is 23.2 Å². The van der Waals surface area contributed by atoms with Gasteiger partial charge in [-0.1, -0.05) is 92.7 Å². The van der Waals surface area contributed by atoms with Crippen LogP contribution in [0.5, 0.6) is 0 Å². The van der Waals surface area contributed by atoms with E-state index in [2.05, 4.69) is 19.2 Å². The lowest BCUT2D eigenvalue weighted by Crippen LogP contribution is -2.53. The zero-order valence-corrected chi connectivity index (χ0v) is 27.1. The van der Waals surface area contributed by atoms with E-state index < -0.39 is 28.5 Å². The largest absolute Gasteiger partial charge is 0.352 e. The van der Waals surface area contributed by atoms with Gasteiger partial charge in [-0.05, 0) is 67.6 Å². The number of nitrogens with zero attached hydrogens (tertiary/aromatic N) is 2. The summed E-state index contributed by atoms with van der Waals surface area (Å²) in [6.07, 6.45) is 5.00. The first-order valence-electron chi connectivity index (χ1n) is 14.7. The van der Waals surface area contributed by atoms with Crippen LogP contribution in [0.2, 0.25) is 10.0 Å². The zero-order chi connectivity index (χ0) is 31.1. The fraction of sp³-hybridized carbons (Fsp3) is 0.394. The Morgan fingerprint density at radius 2 is 1.47 bits per heavy atom. The molecule has 230 valence electrons. The van der Waals surface area contributed by atoms with E-state index in [0.717, 1.165) is 42.0 Å². The topological polar surface area (TPSA) is 86.8 Å². The Balaban J connectivity index is 1.71. The van der Waals surface area contributed by atoms with E-state index in [-0.39, 0.29) is 29.3 Å². The summed E-state index contributed by atoms with van der Waals surface area (Å²) in [5, 5.41) is 3.80. The summed E-state index contributed by atoms with van der Waals surface area (Å²) < 4.78 is 29.1. The number of nitrogens with one attached hydrogen (secondary N) is 1. The van der Waals surface area contributed by atoms with Gasteiger partial charge in [-0.3, -0.25) is 13.9 Å². The number of sulfonamides is 1. The zero-order valence-electron chi connectivity index (χ0n) is 24.8. The molecule has 1 fully saturated rings. The number of carbonyl (C=O) groups excluding carboxylic acids is 2. The van der Waals surface area contributed by atoms with Crippen LogP contribution in [0.3, 0.4) is 0 Å². The van der Waals surface area contributed by atoms with Gasteiger partial charge in [0.25, 0.3) is 10.0 Å². The molecule has 43 heavy (non-hydrogen) atoms. The summed E-state index contributed by atoms with van der Waals surface area (Å²) in [7, 11) is -4.14. The van der Waals surface area contributed by atoms with Crippen molar-refractivity contribution in [3.8, 4) is 0 Å². The minimum atomic E-state index is -4.14. The summed E-state index contributed by atoms with van der Waals surface area (Å²) in [4.78, 5) is 29.1. The molecule has 1 N–H and O–H groups in total. The lowest BCUT2D eigenvalue weighted by atomic mass is 9.95. The second-order valence-electron chi connectivity index (χ2n) is 11.3. The first-order chi connectivity index (χ1) is 20.5. The molecule has 1 aliphatic rings. The summed E-state index contributed by atoms with van der Waals surface area (Å²) >= 11 is 13.0. The van der Waals surface area contributed by atoms with Crippen molar-refractivity contribution in [2.75, 3.05) is 10.8 Å². The minimum Gasteiger partial charge on any atom is -0.352 e. The molecule has 0 radical (unpaired) electrons. The monoisotopic (exact) mass is 643 g/mol. The van der Waals surface area contributed by atoms with Crippen molar-refractivity contribution >= 4 is 50.7 Å². The van der Waals surface area contributed by atoms with Crippen LogP contribution in [0.1, 0.15) is 69.9 Å². The molecule has 0 aliphatic heterocycles. The van der Waals surface area contributed by atoms with Crippen molar-refractivity contribution < 1.29 is 18.0 Å². The Labute approximate surface area is 265 Å². The van der Waals surface area contributed by atoms with Gasteiger partial charge >= 0.3 is 0 Å². The molecule has 7 nitrogen and oxygen atoms in total. The average Bonchev–Trinajstić information content (AvgIpc) is 3.00. The van der Waals surface area contributed by atoms with Crippen molar-refractivity contribution in [1.82, 2.24) is 10.2 Å². The first-order valence-corrected chi connectivity index (χ1v) is 16.9. The number of anilines is 1. The van der Waals surface area contributed by atoms with Crippen LogP contribution in [0.15, 0.2) is 77.7 Å². The van der Waals surface area contributed by atoms with Crippen LogP contribution in [-0.2, 0) is 26.2 Å². The van der Waals surface area contributed by atoms with Crippen LogP contribution in [0.25, 0.3) is 0 Å². The maximum absolute atomic E-state index is 14.2. The Hall–Kier alpha value is -3.07. The molecule has 1 atom stereocenters. The molecule has 1 aliphatic carbocycles. The highest BCUT2D eigenvalue weighted by Gasteiger charge is 2.33. The van der Waals surface area contributed by atoms with E-state index in [1.807, 2.05) is 12.1 Å². The highest BCUT2D eigenvalue weighted by Crippen LogP contribution is 2.29. The van der Waals surface area contributed by atoms with E-state index >= 15 is 0 Å². The highest BCUT2D eigenvalue weighted by molar-refractivity contribution is 7.92. The number of hydrogen-bond acceptors (Lipinski definition) is 4. The van der Waals surface area contributed by atoms with Gasteiger partial charge in [-0.2, -0.15) is 0 Å². The normalized spacial score (nSPS) is 14.7. The Morgan fingerprint density at radius 1 is 0.860 bits per heavy atom. The van der Waals surface area contributed by atoms with Crippen LogP contribution in [0.4, 0.5) is 5.69 Å². The standard InChI is InChI=1S/C33H39Cl2N3O4S/c1-23(2)25-17-19-27(20-18-25)38(43(41,42)28-13-8-5-9-14-28)22-32(39)37(21-29-30(34)15-10-16-31(29)35)24(3)33(40)36-26-11-6-4-7-12-26/h5,8-10,13-20,23-24,26H,4,6-7,11-12,21-22H2,1-3H3,(H,36,40)/t24-/m0/s1. The van der Waals surface area contributed by atoms with E-state index in [0.29, 0.717) is 21.3 Å². The Morgan fingerprint density at radius 3 is 2.05 bits per heavy atom. The van der Waals surface area contributed by atoms with Crippen LogP contribution < -0.4 is 9.62 Å². The summed E-state index contributed by atoms with van der Waals surface area (Å²) in [6.45, 7) is 5.15. The molecule has 0 unspecified atom stereocenters. The number of rotatable bonds is 11.